The molecule has 0 aromatic carbocycles. The zero-order chi connectivity index (χ0) is 0. The van der Waals surface area contributed by atoms with Crippen molar-refractivity contribution in [1.29, 1.82) is 0 Å². The Balaban J connectivity index is 0. The van der Waals surface area contributed by atoms with Crippen LogP contribution in [-0.2, 0) is 39.3 Å². The van der Waals surface area contributed by atoms with Crippen molar-refractivity contribution >= 4 is 18.9 Å². The van der Waals surface area contributed by atoms with Crippen molar-refractivity contribution in [3.63, 3.8) is 0 Å². The maximum Gasteiger partial charge on any atom is -2.00 e. The minimum absolute atomic E-state index is 0. The smallest absolute Gasteiger partial charge is 2.00 e. The van der Waals surface area contributed by atoms with Crippen LogP contribution in [0.15, 0.2) is 0 Å². The third kappa shape index (κ3) is 9.54. The minimum atomic E-state index is 0. The fourth-order valence-corrected chi connectivity index (χ4v) is 0. The molecule has 0 spiro atoms. The zero-order valence-electron chi connectivity index (χ0n) is 1.10. The van der Waals surface area contributed by atoms with Crippen LogP contribution in [0.25, 0.3) is 0 Å². The predicted octanol–water partition coefficient (Wildman–Crippen LogP) is -0.772. The van der Waals surface area contributed by atoms with Crippen molar-refractivity contribution in [1.82, 2.24) is 0 Å². The molecule has 0 aliphatic heterocycles. The second-order valence-electron chi connectivity index (χ2n) is 0. The normalized spacial score (nSPS) is 0. The molecule has 0 heterocycles. The van der Waals surface area contributed by atoms with E-state index in [9.17, 15) is 0 Å². The molecule has 0 rings (SSSR count). The van der Waals surface area contributed by atoms with Crippen LogP contribution >= 0.6 is 0 Å². The third-order valence-electron chi connectivity index (χ3n) is 0. The fraction of sp³-hybridized carbons (Fsp3) is 0. The average Bonchev–Trinajstić information content (AvgIpc) is 0. The number of hydrogen-bond donors (Lipinski definition) is 0. The molecule has 1 radical (unpaired) electrons. The summed E-state index contributed by atoms with van der Waals surface area (Å²) < 4.78 is 0. The van der Waals surface area contributed by atoms with Crippen LogP contribution in [0, 0.1) is 0 Å². The van der Waals surface area contributed by atoms with E-state index in [0.29, 0.717) is 0 Å². The van der Waals surface area contributed by atoms with Gasteiger partial charge in [0.05, 0.1) is 0 Å². The van der Waals surface area contributed by atoms with Crippen molar-refractivity contribution in [2.45, 2.75) is 0 Å². The SMILES string of the molecule is [Co+2].[Fe].[LiH].[O-2]. The van der Waals surface area contributed by atoms with Gasteiger partial charge in [-0.05, 0) is 0 Å². The van der Waals surface area contributed by atoms with Crippen LogP contribution in [-0.4, -0.2) is 18.9 Å². The molecule has 0 amide bonds. The standard InChI is InChI=1S/Co.Fe.Li.O.H/q+2;;;-2;. The molecule has 0 aliphatic rings. The zero-order valence-corrected chi connectivity index (χ0v) is 3.24. The summed E-state index contributed by atoms with van der Waals surface area (Å²) >= 11 is 0. The Bertz CT molecular complexity index is 8.00. The molecule has 0 fully saturated rings. The van der Waals surface area contributed by atoms with E-state index in [-0.39, 0.29) is 58.2 Å². The molecule has 4 heteroatoms. The van der Waals surface area contributed by atoms with Crippen molar-refractivity contribution in [2.24, 2.45) is 0 Å². The van der Waals surface area contributed by atoms with Crippen LogP contribution in [0.5, 0.6) is 0 Å². The van der Waals surface area contributed by atoms with Gasteiger partial charge in [0.15, 0.2) is 0 Å². The maximum atomic E-state index is 0. The Morgan fingerprint density at radius 2 is 1.00 bits per heavy atom. The molecule has 0 aromatic heterocycles. The van der Waals surface area contributed by atoms with Gasteiger partial charge < -0.3 is 5.48 Å². The van der Waals surface area contributed by atoms with E-state index < -0.39 is 0 Å². The van der Waals surface area contributed by atoms with Crippen LogP contribution in [0.2, 0.25) is 0 Å². The second kappa shape index (κ2) is 23.5. The fourth-order valence-electron chi connectivity index (χ4n) is 0. The Morgan fingerprint density at radius 1 is 1.00 bits per heavy atom. The van der Waals surface area contributed by atoms with E-state index in [1.807, 2.05) is 0 Å². The molecule has 0 aliphatic carbocycles. The van der Waals surface area contributed by atoms with Gasteiger partial charge in [-0.3, -0.25) is 0 Å². The summed E-state index contributed by atoms with van der Waals surface area (Å²) in [7, 11) is 0. The molecule has 0 unspecified atom stereocenters. The second-order valence-corrected chi connectivity index (χ2v) is 0. The molecule has 0 aromatic rings. The molecular formula is HCoFeLiO. The molecule has 0 bridgehead atoms. The molecule has 4 heavy (non-hydrogen) atoms. The Kier molecular flexibility index (Phi) is 275. The third-order valence-corrected chi connectivity index (χ3v) is 0. The molecule has 0 atom stereocenters. The van der Waals surface area contributed by atoms with Crippen molar-refractivity contribution in [3.05, 3.63) is 0 Å². The van der Waals surface area contributed by atoms with Crippen molar-refractivity contribution < 1.29 is 39.3 Å². The van der Waals surface area contributed by atoms with Gasteiger partial charge in [0.2, 0.25) is 0 Å². The Labute approximate surface area is 58.1 Å². The van der Waals surface area contributed by atoms with E-state index in [0.717, 1.165) is 0 Å². The molecule has 1 nitrogen and oxygen atoms in total. The summed E-state index contributed by atoms with van der Waals surface area (Å²) in [6, 6.07) is 0. The van der Waals surface area contributed by atoms with Gasteiger partial charge in [-0.25, -0.2) is 0 Å². The van der Waals surface area contributed by atoms with Crippen LogP contribution in [0.4, 0.5) is 0 Å². The van der Waals surface area contributed by atoms with Crippen molar-refractivity contribution in [3.8, 4) is 0 Å². The monoisotopic (exact) mass is 139 g/mol. The first-order valence-electron chi connectivity index (χ1n) is 0. The molecular weight excluding hydrogens is 138 g/mol. The van der Waals surface area contributed by atoms with E-state index in [1.165, 1.54) is 0 Å². The van der Waals surface area contributed by atoms with E-state index in [2.05, 4.69) is 0 Å². The van der Waals surface area contributed by atoms with Crippen LogP contribution in [0.1, 0.15) is 0 Å². The number of hydrogen-bond acceptors (Lipinski definition) is 0. The van der Waals surface area contributed by atoms with Crippen LogP contribution < -0.4 is 0 Å². The summed E-state index contributed by atoms with van der Waals surface area (Å²) in [5.74, 6) is 0. The largest absolute Gasteiger partial charge is 2.00 e. The van der Waals surface area contributed by atoms with E-state index in [1.54, 1.807) is 0 Å². The molecule has 0 saturated heterocycles. The maximum absolute atomic E-state index is 0. The Hall–Kier alpha value is 1.58. The van der Waals surface area contributed by atoms with Gasteiger partial charge in [-0.1, -0.05) is 0 Å². The summed E-state index contributed by atoms with van der Waals surface area (Å²) in [5, 5.41) is 0. The van der Waals surface area contributed by atoms with Gasteiger partial charge in [0.1, 0.15) is 0 Å². The summed E-state index contributed by atoms with van der Waals surface area (Å²) in [4.78, 5) is 0. The first-order valence-corrected chi connectivity index (χ1v) is 0. The van der Waals surface area contributed by atoms with Gasteiger partial charge in [0.25, 0.3) is 0 Å². The summed E-state index contributed by atoms with van der Waals surface area (Å²) in [5.41, 5.74) is 0. The topological polar surface area (TPSA) is 28.5 Å². The predicted molar refractivity (Wildman–Crippen MR) is 7.84 cm³/mol. The van der Waals surface area contributed by atoms with E-state index in [4.69, 9.17) is 0 Å². The van der Waals surface area contributed by atoms with Gasteiger partial charge in [-0.2, -0.15) is 0 Å². The first kappa shape index (κ1) is 46.8. The van der Waals surface area contributed by atoms with Crippen LogP contribution in [0.3, 0.4) is 0 Å². The van der Waals surface area contributed by atoms with Gasteiger partial charge >= 0.3 is 35.6 Å². The Morgan fingerprint density at radius 3 is 1.00 bits per heavy atom. The van der Waals surface area contributed by atoms with Crippen molar-refractivity contribution in [2.75, 3.05) is 0 Å². The molecule has 25 valence electrons. The average molecular weight is 139 g/mol. The molecule has 0 N–H and O–H groups in total. The summed E-state index contributed by atoms with van der Waals surface area (Å²) in [6.07, 6.45) is 0. The minimum Gasteiger partial charge on any atom is -2.00 e. The first-order chi connectivity index (χ1) is 0. The number of rotatable bonds is 0. The van der Waals surface area contributed by atoms with E-state index >= 15 is 0 Å². The van der Waals surface area contributed by atoms with Gasteiger partial charge in [-0.15, -0.1) is 0 Å². The quantitative estimate of drug-likeness (QED) is 0.394. The summed E-state index contributed by atoms with van der Waals surface area (Å²) in [6.45, 7) is 0. The molecule has 0 saturated carbocycles. The van der Waals surface area contributed by atoms with Gasteiger partial charge in [0, 0.05) is 17.1 Å².